The summed E-state index contributed by atoms with van der Waals surface area (Å²) in [6.07, 6.45) is 7.87. The molecule has 0 atom stereocenters. The Hall–Kier alpha value is -1.46. The van der Waals surface area contributed by atoms with Crippen LogP contribution in [0.25, 0.3) is 11.1 Å². The van der Waals surface area contributed by atoms with Crippen LogP contribution in [0.2, 0.25) is 10.2 Å². The fourth-order valence-electron chi connectivity index (χ4n) is 4.15. The minimum absolute atomic E-state index is 0.155. The molecule has 1 aliphatic heterocycles. The summed E-state index contributed by atoms with van der Waals surface area (Å²) in [5.41, 5.74) is 0.0804. The fourth-order valence-corrected chi connectivity index (χ4v) is 4.71. The van der Waals surface area contributed by atoms with Crippen molar-refractivity contribution in [2.24, 2.45) is 5.92 Å². The molecule has 0 N–H and O–H groups in total. The average Bonchev–Trinajstić information content (AvgIpc) is 2.93. The molecule has 1 saturated carbocycles. The monoisotopic (exact) mass is 412 g/mol. The maximum absolute atomic E-state index is 14.7. The van der Waals surface area contributed by atoms with Gasteiger partial charge in [0.25, 0.3) is 5.56 Å². The Morgan fingerprint density at radius 1 is 1.04 bits per heavy atom. The van der Waals surface area contributed by atoms with Crippen molar-refractivity contribution in [1.82, 2.24) is 9.36 Å². The summed E-state index contributed by atoms with van der Waals surface area (Å²) in [5.74, 6) is 0.343. The number of ether oxygens (including phenoxy) is 1. The van der Waals surface area contributed by atoms with E-state index in [0.29, 0.717) is 31.4 Å². The third kappa shape index (κ3) is 3.64. The molecule has 1 aliphatic carbocycles. The van der Waals surface area contributed by atoms with Gasteiger partial charge < -0.3 is 4.74 Å². The highest BCUT2D eigenvalue weighted by atomic mass is 35.5. The van der Waals surface area contributed by atoms with Gasteiger partial charge >= 0.3 is 0 Å². The molecule has 0 unspecified atom stereocenters. The number of nitrogens with zero attached hydrogens (tertiary/aromatic N) is 2. The lowest BCUT2D eigenvalue weighted by atomic mass is 9.90. The van der Waals surface area contributed by atoms with E-state index >= 15 is 0 Å². The lowest BCUT2D eigenvalue weighted by molar-refractivity contribution is 0.209. The van der Waals surface area contributed by atoms with Crippen molar-refractivity contribution in [1.29, 1.82) is 0 Å². The van der Waals surface area contributed by atoms with Crippen LogP contribution in [0.1, 0.15) is 44.9 Å². The molecule has 2 aliphatic rings. The van der Waals surface area contributed by atoms with E-state index in [9.17, 15) is 9.18 Å². The van der Waals surface area contributed by atoms with Crippen molar-refractivity contribution in [3.8, 4) is 16.9 Å². The molecule has 2 heterocycles. The van der Waals surface area contributed by atoms with Gasteiger partial charge in [0.15, 0.2) is 0 Å². The zero-order valence-corrected chi connectivity index (χ0v) is 16.7. The number of fused-ring (bicyclic) bond motifs is 1. The maximum atomic E-state index is 14.7. The molecule has 0 spiro atoms. The molecule has 146 valence electrons. The number of halogens is 3. The summed E-state index contributed by atoms with van der Waals surface area (Å²) in [6.45, 7) is 1.82. The third-order valence-corrected chi connectivity index (χ3v) is 6.33. The highest BCUT2D eigenvalue weighted by Crippen LogP contribution is 2.36. The van der Waals surface area contributed by atoms with E-state index in [2.05, 4.69) is 0 Å². The average molecular weight is 413 g/mol. The van der Waals surface area contributed by atoms with Gasteiger partial charge in [-0.3, -0.25) is 9.48 Å². The Kier molecular flexibility index (Phi) is 5.51. The largest absolute Gasteiger partial charge is 0.492 e. The van der Waals surface area contributed by atoms with Crippen LogP contribution in [0.3, 0.4) is 0 Å². The second-order valence-corrected chi connectivity index (χ2v) is 8.27. The summed E-state index contributed by atoms with van der Waals surface area (Å²) in [7, 11) is 0. The Morgan fingerprint density at radius 3 is 2.44 bits per heavy atom. The molecule has 4 nitrogen and oxygen atoms in total. The summed E-state index contributed by atoms with van der Waals surface area (Å²) < 4.78 is 23.9. The van der Waals surface area contributed by atoms with E-state index in [1.54, 1.807) is 9.36 Å². The molecule has 27 heavy (non-hydrogen) atoms. The Morgan fingerprint density at radius 2 is 1.74 bits per heavy atom. The molecule has 4 rings (SSSR count). The Balaban J connectivity index is 1.67. The van der Waals surface area contributed by atoms with Gasteiger partial charge in [0.1, 0.15) is 16.7 Å². The smallest absolute Gasteiger partial charge is 0.276 e. The van der Waals surface area contributed by atoms with Gasteiger partial charge in [-0.1, -0.05) is 42.5 Å². The van der Waals surface area contributed by atoms with Crippen LogP contribution < -0.4 is 10.3 Å². The highest BCUT2D eigenvalue weighted by Gasteiger charge is 2.25. The molecule has 0 saturated heterocycles. The van der Waals surface area contributed by atoms with Crippen molar-refractivity contribution in [3.63, 3.8) is 0 Å². The summed E-state index contributed by atoms with van der Waals surface area (Å²) in [4.78, 5) is 12.8. The SMILES string of the molecule is O=c1c(-c2cc(OCC3CCCCC3)c(Cl)cc2F)c(Cl)n2n1CCCC2. The van der Waals surface area contributed by atoms with Crippen LogP contribution in [0.4, 0.5) is 4.39 Å². The highest BCUT2D eigenvalue weighted by molar-refractivity contribution is 6.33. The summed E-state index contributed by atoms with van der Waals surface area (Å²) in [5, 5.41) is 0.492. The van der Waals surface area contributed by atoms with E-state index in [0.717, 1.165) is 25.7 Å². The van der Waals surface area contributed by atoms with Gasteiger partial charge in [-0.05, 0) is 43.7 Å². The van der Waals surface area contributed by atoms with Crippen molar-refractivity contribution in [2.75, 3.05) is 6.61 Å². The number of rotatable bonds is 4. The normalized spacial score (nSPS) is 17.7. The van der Waals surface area contributed by atoms with E-state index in [1.165, 1.54) is 31.4 Å². The molecule has 2 aromatic rings. The summed E-state index contributed by atoms with van der Waals surface area (Å²) in [6, 6.07) is 2.74. The van der Waals surface area contributed by atoms with E-state index in [-0.39, 0.29) is 26.9 Å². The lowest BCUT2D eigenvalue weighted by Crippen LogP contribution is -2.27. The van der Waals surface area contributed by atoms with Gasteiger partial charge in [-0.2, -0.15) is 0 Å². The lowest BCUT2D eigenvalue weighted by Gasteiger charge is -2.22. The maximum Gasteiger partial charge on any atom is 0.276 e. The molecular weight excluding hydrogens is 390 g/mol. The standard InChI is InChI=1S/C20H23Cl2FN2O2/c21-15-11-16(23)14(10-17(15)27-12-13-6-2-1-3-7-13)18-19(22)24-8-4-5-9-25(24)20(18)26/h10-11,13H,1-9,12H2. The van der Waals surface area contributed by atoms with Crippen LogP contribution in [0.15, 0.2) is 16.9 Å². The van der Waals surface area contributed by atoms with E-state index in [1.807, 2.05) is 0 Å². The minimum atomic E-state index is -0.562. The van der Waals surface area contributed by atoms with Gasteiger partial charge in [-0.25, -0.2) is 9.07 Å². The predicted molar refractivity (Wildman–Crippen MR) is 105 cm³/mol. The zero-order valence-electron chi connectivity index (χ0n) is 15.1. The zero-order chi connectivity index (χ0) is 19.0. The van der Waals surface area contributed by atoms with Crippen LogP contribution >= 0.6 is 23.2 Å². The third-order valence-electron chi connectivity index (χ3n) is 5.65. The first-order valence-electron chi connectivity index (χ1n) is 9.67. The van der Waals surface area contributed by atoms with Crippen LogP contribution in [-0.4, -0.2) is 16.0 Å². The number of hydrogen-bond acceptors (Lipinski definition) is 2. The van der Waals surface area contributed by atoms with Crippen molar-refractivity contribution in [3.05, 3.63) is 38.5 Å². The Labute approximate surface area is 167 Å². The van der Waals surface area contributed by atoms with Gasteiger partial charge in [-0.15, -0.1) is 0 Å². The number of aromatic nitrogens is 2. The van der Waals surface area contributed by atoms with Crippen LogP contribution in [0, 0.1) is 11.7 Å². The predicted octanol–water partition coefficient (Wildman–Crippen LogP) is 5.52. The topological polar surface area (TPSA) is 36.2 Å². The first-order chi connectivity index (χ1) is 13.1. The molecule has 1 fully saturated rings. The molecular formula is C20H23Cl2FN2O2. The quantitative estimate of drug-likeness (QED) is 0.662. The molecule has 7 heteroatoms. The molecule has 1 aromatic carbocycles. The summed E-state index contributed by atoms with van der Waals surface area (Å²) >= 11 is 12.6. The number of hydrogen-bond donors (Lipinski definition) is 0. The molecule has 0 amide bonds. The second-order valence-electron chi connectivity index (χ2n) is 7.50. The van der Waals surface area contributed by atoms with Crippen molar-refractivity contribution < 1.29 is 9.13 Å². The first kappa shape index (κ1) is 18.9. The first-order valence-corrected chi connectivity index (χ1v) is 10.4. The van der Waals surface area contributed by atoms with Crippen LogP contribution in [-0.2, 0) is 13.1 Å². The Bertz CT molecular complexity index is 900. The van der Waals surface area contributed by atoms with Gasteiger partial charge in [0.2, 0.25) is 0 Å². The van der Waals surface area contributed by atoms with E-state index in [4.69, 9.17) is 27.9 Å². The van der Waals surface area contributed by atoms with Crippen molar-refractivity contribution in [2.45, 2.75) is 58.0 Å². The second kappa shape index (κ2) is 7.88. The minimum Gasteiger partial charge on any atom is -0.492 e. The van der Waals surface area contributed by atoms with Crippen LogP contribution in [0.5, 0.6) is 5.75 Å². The molecule has 0 radical (unpaired) electrons. The fraction of sp³-hybridized carbons (Fsp3) is 0.550. The van der Waals surface area contributed by atoms with E-state index < -0.39 is 5.82 Å². The molecule has 1 aromatic heterocycles. The molecule has 0 bridgehead atoms. The van der Waals surface area contributed by atoms with Gasteiger partial charge in [0, 0.05) is 18.7 Å². The number of benzene rings is 1. The van der Waals surface area contributed by atoms with Gasteiger partial charge in [0.05, 0.1) is 17.2 Å². The van der Waals surface area contributed by atoms with Crippen molar-refractivity contribution >= 4 is 23.2 Å².